The molecule has 0 saturated carbocycles. The molecule has 0 amide bonds. The van der Waals surface area contributed by atoms with E-state index in [2.05, 4.69) is 240 Å². The molecule has 0 bridgehead atoms. The molecule has 64 heavy (non-hydrogen) atoms. The van der Waals surface area contributed by atoms with Crippen molar-refractivity contribution in [2.75, 3.05) is 0 Å². The van der Waals surface area contributed by atoms with Gasteiger partial charge >= 0.3 is 0 Å². The topological polar surface area (TPSA) is 35.6 Å². The first-order chi connectivity index (χ1) is 31.7. The van der Waals surface area contributed by atoms with Crippen molar-refractivity contribution in [3.63, 3.8) is 0 Å². The van der Waals surface area contributed by atoms with E-state index in [4.69, 9.17) is 9.97 Å². The van der Waals surface area contributed by atoms with E-state index >= 15 is 0 Å². The lowest BCUT2D eigenvalue weighted by Gasteiger charge is -2.14. The molecule has 3 aromatic heterocycles. The van der Waals surface area contributed by atoms with Crippen molar-refractivity contribution in [3.8, 4) is 56.3 Å². The molecule has 0 saturated heterocycles. The number of nitrogens with zero attached hydrogens (tertiary/aromatic N) is 4. The summed E-state index contributed by atoms with van der Waals surface area (Å²) in [6.07, 6.45) is 0. The third-order valence-corrected chi connectivity index (χ3v) is 12.9. The number of benzene rings is 10. The molecular formula is C60H38N4. The van der Waals surface area contributed by atoms with Crippen molar-refractivity contribution in [3.05, 3.63) is 231 Å². The van der Waals surface area contributed by atoms with Gasteiger partial charge in [-0.15, -0.1) is 0 Å². The van der Waals surface area contributed by atoms with Gasteiger partial charge in [-0.1, -0.05) is 176 Å². The Bertz CT molecular complexity index is 3880. The molecule has 13 aromatic rings. The first kappa shape index (κ1) is 36.1. The second-order valence-electron chi connectivity index (χ2n) is 16.6. The fourth-order valence-electron chi connectivity index (χ4n) is 10.0. The Morgan fingerprint density at radius 2 is 0.781 bits per heavy atom. The minimum Gasteiger partial charge on any atom is -0.309 e. The maximum Gasteiger partial charge on any atom is 0.235 e. The Kier molecular flexibility index (Phi) is 8.18. The molecule has 0 aliphatic carbocycles. The maximum absolute atomic E-state index is 5.52. The smallest absolute Gasteiger partial charge is 0.235 e. The molecular weight excluding hydrogens is 777 g/mol. The first-order valence-corrected chi connectivity index (χ1v) is 21.8. The number of aromatic nitrogens is 4. The molecule has 0 N–H and O–H groups in total. The molecule has 298 valence electrons. The van der Waals surface area contributed by atoms with Gasteiger partial charge in [0.15, 0.2) is 0 Å². The van der Waals surface area contributed by atoms with Crippen LogP contribution in [0.5, 0.6) is 0 Å². The minimum atomic E-state index is 0.640. The molecule has 0 aliphatic heterocycles. The van der Waals surface area contributed by atoms with Crippen molar-refractivity contribution in [1.82, 2.24) is 19.1 Å². The largest absolute Gasteiger partial charge is 0.309 e. The number of para-hydroxylation sites is 2. The van der Waals surface area contributed by atoms with Gasteiger partial charge in [0.05, 0.1) is 33.3 Å². The molecule has 0 radical (unpaired) electrons. The standard InChI is InChI=1S/C60H38N4/c1-4-17-39(18-5-1)43-24-16-25-44(35-43)59-49-27-12-14-29-51(49)61-60(62-59)64-52-30-15-13-28-50(52)57-54(64)33-34-55-58(57)56-48-26-11-10-23-42(48)31-32-53(56)63(55)47-37-45(40-19-6-2-7-20-40)36-46(38-47)41-21-8-3-9-22-41/h1-38H. The molecule has 0 atom stereocenters. The van der Waals surface area contributed by atoms with E-state index in [9.17, 15) is 0 Å². The Morgan fingerprint density at radius 3 is 1.50 bits per heavy atom. The maximum atomic E-state index is 5.52. The molecule has 10 aromatic carbocycles. The first-order valence-electron chi connectivity index (χ1n) is 21.8. The minimum absolute atomic E-state index is 0.640. The summed E-state index contributed by atoms with van der Waals surface area (Å²) in [6.45, 7) is 0. The Hall–Kier alpha value is -8.60. The number of rotatable bonds is 6. The second kappa shape index (κ2) is 14.5. The summed E-state index contributed by atoms with van der Waals surface area (Å²) in [5.74, 6) is 0.640. The molecule has 4 nitrogen and oxygen atoms in total. The van der Waals surface area contributed by atoms with Gasteiger partial charge in [0.25, 0.3) is 0 Å². The van der Waals surface area contributed by atoms with Gasteiger partial charge in [0, 0.05) is 38.2 Å². The fourth-order valence-corrected chi connectivity index (χ4v) is 10.0. The van der Waals surface area contributed by atoms with Crippen molar-refractivity contribution in [1.29, 1.82) is 0 Å². The van der Waals surface area contributed by atoms with Crippen LogP contribution in [-0.4, -0.2) is 19.1 Å². The van der Waals surface area contributed by atoms with Gasteiger partial charge < -0.3 is 4.57 Å². The highest BCUT2D eigenvalue weighted by Gasteiger charge is 2.24. The van der Waals surface area contributed by atoms with Crippen molar-refractivity contribution in [2.24, 2.45) is 0 Å². The summed E-state index contributed by atoms with van der Waals surface area (Å²) in [6, 6.07) is 82.8. The van der Waals surface area contributed by atoms with Crippen LogP contribution in [0.4, 0.5) is 0 Å². The summed E-state index contributed by atoms with van der Waals surface area (Å²) in [4.78, 5) is 10.9. The zero-order valence-electron chi connectivity index (χ0n) is 34.7. The quantitative estimate of drug-likeness (QED) is 0.168. The third-order valence-electron chi connectivity index (χ3n) is 12.9. The second-order valence-corrected chi connectivity index (χ2v) is 16.6. The van der Waals surface area contributed by atoms with Gasteiger partial charge in [-0.3, -0.25) is 4.57 Å². The van der Waals surface area contributed by atoms with Crippen LogP contribution in [0, 0.1) is 0 Å². The van der Waals surface area contributed by atoms with Crippen LogP contribution in [-0.2, 0) is 0 Å². The highest BCUT2D eigenvalue weighted by atomic mass is 15.2. The highest BCUT2D eigenvalue weighted by Crippen LogP contribution is 2.45. The predicted molar refractivity (Wildman–Crippen MR) is 267 cm³/mol. The van der Waals surface area contributed by atoms with Crippen LogP contribution in [0.15, 0.2) is 231 Å². The molecule has 4 heteroatoms. The number of hydrogen-bond donors (Lipinski definition) is 0. The highest BCUT2D eigenvalue weighted by molar-refractivity contribution is 6.33. The van der Waals surface area contributed by atoms with E-state index in [-0.39, 0.29) is 0 Å². The van der Waals surface area contributed by atoms with Gasteiger partial charge in [-0.05, 0) is 98.8 Å². The fraction of sp³-hybridized carbons (Fsp3) is 0. The zero-order chi connectivity index (χ0) is 42.1. The zero-order valence-corrected chi connectivity index (χ0v) is 34.7. The van der Waals surface area contributed by atoms with E-state index in [0.717, 1.165) is 60.9 Å². The Morgan fingerprint density at radius 1 is 0.281 bits per heavy atom. The molecule has 0 fully saturated rings. The number of fused-ring (bicyclic) bond motifs is 10. The van der Waals surface area contributed by atoms with Crippen molar-refractivity contribution < 1.29 is 0 Å². The van der Waals surface area contributed by atoms with Crippen LogP contribution < -0.4 is 0 Å². The average Bonchev–Trinajstić information content (AvgIpc) is 3.90. The number of hydrogen-bond acceptors (Lipinski definition) is 2. The third kappa shape index (κ3) is 5.70. The van der Waals surface area contributed by atoms with Crippen molar-refractivity contribution in [2.45, 2.75) is 0 Å². The molecule has 0 aliphatic rings. The van der Waals surface area contributed by atoms with Crippen LogP contribution in [0.2, 0.25) is 0 Å². The molecule has 0 spiro atoms. The van der Waals surface area contributed by atoms with Crippen LogP contribution in [0.25, 0.3) is 122 Å². The van der Waals surface area contributed by atoms with E-state index in [1.165, 1.54) is 54.7 Å². The molecule has 3 heterocycles. The normalized spacial score (nSPS) is 11.8. The van der Waals surface area contributed by atoms with Crippen molar-refractivity contribution >= 4 is 65.3 Å². The predicted octanol–water partition coefficient (Wildman–Crippen LogP) is 15.6. The van der Waals surface area contributed by atoms with Gasteiger partial charge in [0.2, 0.25) is 5.95 Å². The van der Waals surface area contributed by atoms with E-state index in [1.54, 1.807) is 0 Å². The summed E-state index contributed by atoms with van der Waals surface area (Å²) in [5.41, 5.74) is 15.4. The lowest BCUT2D eigenvalue weighted by atomic mass is 9.98. The molecule has 0 unspecified atom stereocenters. The van der Waals surface area contributed by atoms with Gasteiger partial charge in [-0.25, -0.2) is 9.97 Å². The van der Waals surface area contributed by atoms with Crippen LogP contribution >= 0.6 is 0 Å². The van der Waals surface area contributed by atoms with Crippen LogP contribution in [0.1, 0.15) is 0 Å². The SMILES string of the molecule is c1ccc(-c2cccc(-c3nc(-n4c5ccccc5c5c6c7c8ccccc8ccc7n(-c7cc(-c8ccccc8)cc(-c8ccccc8)c7)c6ccc54)nc4ccccc34)c2)cc1. The van der Waals surface area contributed by atoms with E-state index < -0.39 is 0 Å². The monoisotopic (exact) mass is 814 g/mol. The lowest BCUT2D eigenvalue weighted by molar-refractivity contribution is 1.01. The van der Waals surface area contributed by atoms with Gasteiger partial charge in [0.1, 0.15) is 0 Å². The van der Waals surface area contributed by atoms with E-state index in [0.29, 0.717) is 5.95 Å². The van der Waals surface area contributed by atoms with Gasteiger partial charge in [-0.2, -0.15) is 0 Å². The summed E-state index contributed by atoms with van der Waals surface area (Å²) < 4.78 is 4.75. The summed E-state index contributed by atoms with van der Waals surface area (Å²) in [5, 5.41) is 8.22. The summed E-state index contributed by atoms with van der Waals surface area (Å²) in [7, 11) is 0. The average molecular weight is 815 g/mol. The van der Waals surface area contributed by atoms with E-state index in [1.807, 2.05) is 0 Å². The molecule has 13 rings (SSSR count). The lowest BCUT2D eigenvalue weighted by Crippen LogP contribution is -2.03. The summed E-state index contributed by atoms with van der Waals surface area (Å²) >= 11 is 0. The Balaban J connectivity index is 1.12. The van der Waals surface area contributed by atoms with Crippen LogP contribution in [0.3, 0.4) is 0 Å². The Labute approximate surface area is 369 Å².